The molecule has 0 aliphatic carbocycles. The first kappa shape index (κ1) is 21.9. The number of halogens is 1. The van der Waals surface area contributed by atoms with Gasteiger partial charge in [-0.2, -0.15) is 9.97 Å². The molecule has 32 heavy (non-hydrogen) atoms. The summed E-state index contributed by atoms with van der Waals surface area (Å²) < 4.78 is 8.08. The van der Waals surface area contributed by atoms with E-state index in [4.69, 9.17) is 16.1 Å². The standard InChI is InChI=1S/C21H24ClN7O3/c1-2-3-5-12-28-17-16(25-20(22)26-17)19(30)29(21(28)31)13-6-4-7-15-24-18(32-27-15)14-8-10-23-11-9-14/h8-11H,2-7,12-13H2,1H3,(H,25,26). The average molecular weight is 458 g/mol. The Morgan fingerprint density at radius 1 is 1.03 bits per heavy atom. The molecule has 0 aromatic carbocycles. The van der Waals surface area contributed by atoms with Crippen LogP contribution in [0.1, 0.15) is 44.9 Å². The number of aromatic nitrogens is 7. The zero-order chi connectivity index (χ0) is 22.5. The summed E-state index contributed by atoms with van der Waals surface area (Å²) in [4.78, 5) is 41.2. The second-order valence-electron chi connectivity index (χ2n) is 7.53. The second-order valence-corrected chi connectivity index (χ2v) is 7.89. The van der Waals surface area contributed by atoms with E-state index in [0.29, 0.717) is 43.2 Å². The number of aromatic amines is 1. The van der Waals surface area contributed by atoms with Gasteiger partial charge in [0.25, 0.3) is 11.4 Å². The molecular weight excluding hydrogens is 434 g/mol. The van der Waals surface area contributed by atoms with Gasteiger partial charge in [0.1, 0.15) is 0 Å². The number of rotatable bonds is 10. The fraction of sp³-hybridized carbons (Fsp3) is 0.429. The summed E-state index contributed by atoms with van der Waals surface area (Å²) in [5.74, 6) is 1.02. The lowest BCUT2D eigenvalue weighted by Crippen LogP contribution is -2.40. The highest BCUT2D eigenvalue weighted by Gasteiger charge is 2.17. The van der Waals surface area contributed by atoms with Crippen LogP contribution in [0.3, 0.4) is 0 Å². The largest absolute Gasteiger partial charge is 0.334 e. The van der Waals surface area contributed by atoms with Crippen LogP contribution in [0.25, 0.3) is 22.6 Å². The van der Waals surface area contributed by atoms with Gasteiger partial charge >= 0.3 is 5.69 Å². The van der Waals surface area contributed by atoms with Crippen LogP contribution in [-0.4, -0.2) is 34.2 Å². The third kappa shape index (κ3) is 4.64. The Morgan fingerprint density at radius 2 is 1.78 bits per heavy atom. The van der Waals surface area contributed by atoms with Gasteiger partial charge in [0.15, 0.2) is 17.0 Å². The van der Waals surface area contributed by atoms with Gasteiger partial charge in [-0.25, -0.2) is 4.79 Å². The highest BCUT2D eigenvalue weighted by atomic mass is 35.5. The number of hydrogen-bond acceptors (Lipinski definition) is 7. The van der Waals surface area contributed by atoms with Gasteiger partial charge in [0, 0.05) is 37.5 Å². The number of H-pyrrole nitrogens is 1. The zero-order valence-electron chi connectivity index (χ0n) is 17.8. The lowest BCUT2D eigenvalue weighted by Gasteiger charge is -2.11. The highest BCUT2D eigenvalue weighted by Crippen LogP contribution is 2.16. The van der Waals surface area contributed by atoms with Crippen molar-refractivity contribution in [3.8, 4) is 11.5 Å². The number of fused-ring (bicyclic) bond motifs is 1. The van der Waals surface area contributed by atoms with E-state index < -0.39 is 5.56 Å². The van der Waals surface area contributed by atoms with E-state index in [-0.39, 0.29) is 23.0 Å². The van der Waals surface area contributed by atoms with Crippen LogP contribution in [-0.2, 0) is 19.5 Å². The maximum Gasteiger partial charge on any atom is 0.332 e. The van der Waals surface area contributed by atoms with Crippen molar-refractivity contribution in [2.24, 2.45) is 0 Å². The van der Waals surface area contributed by atoms with Crippen molar-refractivity contribution in [2.75, 3.05) is 0 Å². The summed E-state index contributed by atoms with van der Waals surface area (Å²) in [5.41, 5.74) is 0.608. The first-order chi connectivity index (χ1) is 15.6. The molecule has 4 rings (SSSR count). The fourth-order valence-corrected chi connectivity index (χ4v) is 3.75. The first-order valence-corrected chi connectivity index (χ1v) is 11.1. The molecule has 11 heteroatoms. The van der Waals surface area contributed by atoms with Crippen molar-refractivity contribution in [2.45, 2.75) is 58.5 Å². The van der Waals surface area contributed by atoms with Crippen LogP contribution in [0, 0.1) is 0 Å². The minimum atomic E-state index is -0.407. The van der Waals surface area contributed by atoms with Gasteiger partial charge in [0.05, 0.1) is 0 Å². The quantitative estimate of drug-likeness (QED) is 0.286. The Morgan fingerprint density at radius 3 is 2.56 bits per heavy atom. The lowest BCUT2D eigenvalue weighted by atomic mass is 10.2. The first-order valence-electron chi connectivity index (χ1n) is 10.7. The summed E-state index contributed by atoms with van der Waals surface area (Å²) in [6, 6.07) is 3.60. The SMILES string of the molecule is CCCCCn1c(=O)n(CCCCc2noc(-c3ccncc3)n2)c(=O)c2[nH]c(Cl)nc21. The molecule has 0 atom stereocenters. The van der Waals surface area contributed by atoms with Crippen molar-refractivity contribution in [3.63, 3.8) is 0 Å². The topological polar surface area (TPSA) is 124 Å². The van der Waals surface area contributed by atoms with Crippen molar-refractivity contribution >= 4 is 22.8 Å². The van der Waals surface area contributed by atoms with Crippen molar-refractivity contribution in [1.82, 2.24) is 34.2 Å². The third-order valence-electron chi connectivity index (χ3n) is 5.25. The van der Waals surface area contributed by atoms with Crippen molar-refractivity contribution in [3.05, 3.63) is 56.5 Å². The van der Waals surface area contributed by atoms with E-state index in [1.165, 1.54) is 9.13 Å². The number of hydrogen-bond donors (Lipinski definition) is 1. The lowest BCUT2D eigenvalue weighted by molar-refractivity contribution is 0.420. The van der Waals surface area contributed by atoms with Crippen LogP contribution in [0.5, 0.6) is 0 Å². The molecule has 0 aliphatic heterocycles. The summed E-state index contributed by atoms with van der Waals surface area (Å²) >= 11 is 5.98. The number of aryl methyl sites for hydroxylation is 2. The molecule has 0 radical (unpaired) electrons. The molecule has 0 saturated heterocycles. The molecule has 0 saturated carbocycles. The molecular formula is C21H24ClN7O3. The highest BCUT2D eigenvalue weighted by molar-refractivity contribution is 6.28. The van der Waals surface area contributed by atoms with E-state index in [2.05, 4.69) is 32.0 Å². The minimum absolute atomic E-state index is 0.0978. The molecule has 10 nitrogen and oxygen atoms in total. The molecule has 0 aliphatic rings. The molecule has 0 fully saturated rings. The number of pyridine rings is 1. The fourth-order valence-electron chi connectivity index (χ4n) is 3.58. The maximum atomic E-state index is 13.0. The summed E-state index contributed by atoms with van der Waals surface area (Å²) in [7, 11) is 0. The van der Waals surface area contributed by atoms with E-state index in [1.807, 2.05) is 0 Å². The molecule has 0 amide bonds. The molecule has 168 valence electrons. The van der Waals surface area contributed by atoms with Crippen molar-refractivity contribution in [1.29, 1.82) is 0 Å². The Hall–Kier alpha value is -3.27. The van der Waals surface area contributed by atoms with E-state index in [0.717, 1.165) is 24.8 Å². The van der Waals surface area contributed by atoms with Gasteiger partial charge < -0.3 is 9.51 Å². The van der Waals surface area contributed by atoms with Crippen LogP contribution in [0.4, 0.5) is 0 Å². The van der Waals surface area contributed by atoms with Crippen LogP contribution in [0.15, 0.2) is 38.6 Å². The van der Waals surface area contributed by atoms with Gasteiger partial charge in [-0.05, 0) is 43.0 Å². The Bertz CT molecular complexity index is 1310. The average Bonchev–Trinajstić information content (AvgIpc) is 3.43. The van der Waals surface area contributed by atoms with Crippen LogP contribution < -0.4 is 11.2 Å². The predicted molar refractivity (Wildman–Crippen MR) is 120 cm³/mol. The summed E-state index contributed by atoms with van der Waals surface area (Å²) in [6.07, 6.45) is 8.04. The number of nitrogens with zero attached hydrogens (tertiary/aromatic N) is 6. The Labute approximate surface area is 188 Å². The van der Waals surface area contributed by atoms with E-state index in [9.17, 15) is 9.59 Å². The van der Waals surface area contributed by atoms with Gasteiger partial charge in [-0.1, -0.05) is 24.9 Å². The zero-order valence-corrected chi connectivity index (χ0v) is 18.5. The molecule has 0 spiro atoms. The third-order valence-corrected chi connectivity index (χ3v) is 5.42. The van der Waals surface area contributed by atoms with Crippen LogP contribution in [0.2, 0.25) is 5.28 Å². The van der Waals surface area contributed by atoms with E-state index >= 15 is 0 Å². The van der Waals surface area contributed by atoms with Crippen molar-refractivity contribution < 1.29 is 4.52 Å². The molecule has 0 unspecified atom stereocenters. The van der Waals surface area contributed by atoms with Crippen LogP contribution >= 0.6 is 11.6 Å². The van der Waals surface area contributed by atoms with Gasteiger partial charge in [0.2, 0.25) is 5.28 Å². The summed E-state index contributed by atoms with van der Waals surface area (Å²) in [6.45, 7) is 2.87. The smallest absolute Gasteiger partial charge is 0.332 e. The number of imidazole rings is 1. The molecule has 0 bridgehead atoms. The molecule has 4 aromatic heterocycles. The molecule has 1 N–H and O–H groups in total. The number of unbranched alkanes of at least 4 members (excludes halogenated alkanes) is 3. The second kappa shape index (κ2) is 9.90. The Balaban J connectivity index is 1.46. The molecule has 4 heterocycles. The normalized spacial score (nSPS) is 11.4. The van der Waals surface area contributed by atoms with E-state index in [1.54, 1.807) is 24.5 Å². The Kier molecular flexibility index (Phi) is 6.79. The predicted octanol–water partition coefficient (Wildman–Crippen LogP) is 3.20. The maximum absolute atomic E-state index is 13.0. The molecule has 4 aromatic rings. The minimum Gasteiger partial charge on any atom is -0.334 e. The summed E-state index contributed by atoms with van der Waals surface area (Å²) in [5, 5.41) is 4.10. The van der Waals surface area contributed by atoms with Gasteiger partial charge in [-0.15, -0.1) is 0 Å². The number of nitrogens with one attached hydrogen (secondary N) is 1. The monoisotopic (exact) mass is 457 g/mol. The van der Waals surface area contributed by atoms with Gasteiger partial charge in [-0.3, -0.25) is 18.9 Å².